The van der Waals surface area contributed by atoms with E-state index >= 15 is 0 Å². The summed E-state index contributed by atoms with van der Waals surface area (Å²) >= 11 is 0. The summed E-state index contributed by atoms with van der Waals surface area (Å²) in [6, 6.07) is 5.57. The van der Waals surface area contributed by atoms with E-state index < -0.39 is 14.9 Å². The van der Waals surface area contributed by atoms with Crippen LogP contribution in [0.3, 0.4) is 0 Å². The smallest absolute Gasteiger partial charge is 0.289 e. The Hall–Kier alpha value is -1.77. The van der Waals surface area contributed by atoms with Gasteiger partial charge in [-0.05, 0) is 36.7 Å². The first-order valence-electron chi connectivity index (χ1n) is 9.09. The van der Waals surface area contributed by atoms with Crippen LogP contribution in [0.25, 0.3) is 0 Å². The van der Waals surface area contributed by atoms with Crippen molar-refractivity contribution < 1.29 is 13.3 Å². The lowest BCUT2D eigenvalue weighted by molar-refractivity contribution is -0.387. The molecular formula is C18H23N3O4S. The number of benzene rings is 1. The molecule has 3 aliphatic rings. The van der Waals surface area contributed by atoms with Gasteiger partial charge in [-0.25, -0.2) is 8.42 Å². The third-order valence-electron chi connectivity index (χ3n) is 5.92. The number of hydrogen-bond acceptors (Lipinski definition) is 5. The molecule has 0 aromatic heterocycles. The van der Waals surface area contributed by atoms with Crippen molar-refractivity contribution in [3.05, 3.63) is 46.5 Å². The fourth-order valence-electron chi connectivity index (χ4n) is 4.55. The molecule has 2 fully saturated rings. The van der Waals surface area contributed by atoms with Crippen LogP contribution >= 0.6 is 0 Å². The fraction of sp³-hybridized carbons (Fsp3) is 0.556. The molecule has 1 heterocycles. The number of piperazine rings is 1. The summed E-state index contributed by atoms with van der Waals surface area (Å²) in [4.78, 5) is 12.7. The molecule has 0 radical (unpaired) electrons. The first-order valence-corrected chi connectivity index (χ1v) is 10.5. The Kier molecular flexibility index (Phi) is 4.58. The molecule has 1 saturated heterocycles. The third-order valence-corrected chi connectivity index (χ3v) is 7.87. The van der Waals surface area contributed by atoms with Gasteiger partial charge in [-0.2, -0.15) is 4.31 Å². The Morgan fingerprint density at radius 3 is 2.42 bits per heavy atom. The van der Waals surface area contributed by atoms with Crippen LogP contribution < -0.4 is 0 Å². The highest BCUT2D eigenvalue weighted by molar-refractivity contribution is 7.89. The molecule has 1 saturated carbocycles. The molecule has 2 bridgehead atoms. The molecule has 1 aliphatic heterocycles. The molecule has 0 spiro atoms. The van der Waals surface area contributed by atoms with Gasteiger partial charge in [0.25, 0.3) is 5.69 Å². The van der Waals surface area contributed by atoms with Crippen molar-refractivity contribution in [1.29, 1.82) is 0 Å². The van der Waals surface area contributed by atoms with Gasteiger partial charge in [-0.3, -0.25) is 10.1 Å². The molecule has 8 heteroatoms. The third kappa shape index (κ3) is 3.17. The van der Waals surface area contributed by atoms with E-state index in [1.165, 1.54) is 41.4 Å². The van der Waals surface area contributed by atoms with Gasteiger partial charge in [-0.1, -0.05) is 24.3 Å². The normalized spacial score (nSPS) is 29.3. The highest BCUT2D eigenvalue weighted by Gasteiger charge is 2.38. The zero-order valence-corrected chi connectivity index (χ0v) is 15.3. The molecule has 1 aromatic carbocycles. The standard InChI is InChI=1S/C18H23N3O4S/c22-21(23)17-3-1-2-4-18(17)26(24,25)20-9-7-19(8-10-20)13-16-12-14-5-6-15(16)11-14/h1-6,14-16H,7-13H2/t14-,15-,16-/m0/s1. The molecular weight excluding hydrogens is 354 g/mol. The van der Waals surface area contributed by atoms with Crippen LogP contribution in [0.4, 0.5) is 5.69 Å². The van der Waals surface area contributed by atoms with E-state index in [2.05, 4.69) is 17.1 Å². The number of hydrogen-bond donors (Lipinski definition) is 0. The van der Waals surface area contributed by atoms with E-state index in [1.807, 2.05) is 0 Å². The van der Waals surface area contributed by atoms with Crippen LogP contribution in [0.15, 0.2) is 41.3 Å². The maximum Gasteiger partial charge on any atom is 0.289 e. The van der Waals surface area contributed by atoms with Crippen molar-refractivity contribution in [3.63, 3.8) is 0 Å². The molecule has 7 nitrogen and oxygen atoms in total. The van der Waals surface area contributed by atoms with Crippen molar-refractivity contribution in [2.45, 2.75) is 17.7 Å². The second-order valence-corrected chi connectivity index (χ2v) is 9.38. The maximum atomic E-state index is 12.9. The van der Waals surface area contributed by atoms with Crippen molar-refractivity contribution in [1.82, 2.24) is 9.21 Å². The lowest BCUT2D eigenvalue weighted by atomic mass is 9.93. The summed E-state index contributed by atoms with van der Waals surface area (Å²) < 4.78 is 27.1. The average Bonchev–Trinajstić information content (AvgIpc) is 3.25. The van der Waals surface area contributed by atoms with Gasteiger partial charge < -0.3 is 4.90 Å². The van der Waals surface area contributed by atoms with Gasteiger partial charge in [-0.15, -0.1) is 0 Å². The second-order valence-electron chi connectivity index (χ2n) is 7.47. The Morgan fingerprint density at radius 2 is 1.81 bits per heavy atom. The summed E-state index contributed by atoms with van der Waals surface area (Å²) in [7, 11) is -3.84. The lowest BCUT2D eigenvalue weighted by Crippen LogP contribution is -2.50. The van der Waals surface area contributed by atoms with Crippen LogP contribution in [-0.2, 0) is 10.0 Å². The summed E-state index contributed by atoms with van der Waals surface area (Å²) in [5, 5.41) is 11.2. The van der Waals surface area contributed by atoms with E-state index in [0.29, 0.717) is 38.0 Å². The minimum atomic E-state index is -3.84. The molecule has 26 heavy (non-hydrogen) atoms. The van der Waals surface area contributed by atoms with E-state index in [0.717, 1.165) is 12.5 Å². The van der Waals surface area contributed by atoms with E-state index in [-0.39, 0.29) is 10.6 Å². The molecule has 0 unspecified atom stereocenters. The zero-order chi connectivity index (χ0) is 18.3. The lowest BCUT2D eigenvalue weighted by Gasteiger charge is -2.36. The minimum absolute atomic E-state index is 0.211. The largest absolute Gasteiger partial charge is 0.300 e. The first-order chi connectivity index (χ1) is 12.4. The van der Waals surface area contributed by atoms with Gasteiger partial charge in [0.2, 0.25) is 10.0 Å². The molecule has 2 aliphatic carbocycles. The average molecular weight is 377 g/mol. The summed E-state index contributed by atoms with van der Waals surface area (Å²) in [6.07, 6.45) is 7.19. The Morgan fingerprint density at radius 1 is 1.08 bits per heavy atom. The highest BCUT2D eigenvalue weighted by atomic mass is 32.2. The molecule has 3 atom stereocenters. The molecule has 0 amide bonds. The molecule has 0 N–H and O–H groups in total. The number of nitro groups is 1. The van der Waals surface area contributed by atoms with Crippen molar-refractivity contribution in [2.75, 3.05) is 32.7 Å². The number of para-hydroxylation sites is 1. The number of fused-ring (bicyclic) bond motifs is 2. The van der Waals surface area contributed by atoms with Gasteiger partial charge in [0.1, 0.15) is 0 Å². The van der Waals surface area contributed by atoms with Crippen LogP contribution in [0.5, 0.6) is 0 Å². The summed E-state index contributed by atoms with van der Waals surface area (Å²) in [5.74, 6) is 2.11. The predicted molar refractivity (Wildman–Crippen MR) is 97.1 cm³/mol. The van der Waals surface area contributed by atoms with Crippen LogP contribution in [-0.4, -0.2) is 55.3 Å². The van der Waals surface area contributed by atoms with E-state index in [4.69, 9.17) is 0 Å². The van der Waals surface area contributed by atoms with Crippen molar-refractivity contribution in [3.8, 4) is 0 Å². The van der Waals surface area contributed by atoms with Crippen molar-refractivity contribution >= 4 is 15.7 Å². The summed E-state index contributed by atoms with van der Waals surface area (Å²) in [5.41, 5.74) is -0.358. The fourth-order valence-corrected chi connectivity index (χ4v) is 6.13. The van der Waals surface area contributed by atoms with Gasteiger partial charge >= 0.3 is 0 Å². The Bertz CT molecular complexity index is 831. The molecule has 4 rings (SSSR count). The molecule has 1 aromatic rings. The molecule has 140 valence electrons. The van der Waals surface area contributed by atoms with Gasteiger partial charge in [0, 0.05) is 38.8 Å². The Balaban J connectivity index is 1.41. The number of nitrogens with zero attached hydrogens (tertiary/aromatic N) is 3. The monoisotopic (exact) mass is 377 g/mol. The van der Waals surface area contributed by atoms with Gasteiger partial charge in [0.15, 0.2) is 4.90 Å². The highest BCUT2D eigenvalue weighted by Crippen LogP contribution is 2.43. The van der Waals surface area contributed by atoms with Crippen LogP contribution in [0, 0.1) is 27.9 Å². The number of nitro benzene ring substituents is 1. The number of allylic oxidation sites excluding steroid dienone is 2. The summed E-state index contributed by atoms with van der Waals surface area (Å²) in [6.45, 7) is 3.13. The number of sulfonamides is 1. The SMILES string of the molecule is O=[N+]([O-])c1ccccc1S(=O)(=O)N1CCN(C[C@@H]2C[C@H]3C=C[C@H]2C3)CC1. The van der Waals surface area contributed by atoms with Gasteiger partial charge in [0.05, 0.1) is 4.92 Å². The van der Waals surface area contributed by atoms with Crippen molar-refractivity contribution in [2.24, 2.45) is 17.8 Å². The minimum Gasteiger partial charge on any atom is -0.300 e. The zero-order valence-electron chi connectivity index (χ0n) is 14.5. The van der Waals surface area contributed by atoms with Crippen LogP contribution in [0.2, 0.25) is 0 Å². The number of rotatable bonds is 5. The van der Waals surface area contributed by atoms with Crippen LogP contribution in [0.1, 0.15) is 12.8 Å². The predicted octanol–water partition coefficient (Wildman–Crippen LogP) is 2.11. The first kappa shape index (κ1) is 17.6. The quantitative estimate of drug-likeness (QED) is 0.446. The van der Waals surface area contributed by atoms with E-state index in [9.17, 15) is 18.5 Å². The Labute approximate surface area is 153 Å². The second kappa shape index (κ2) is 6.75. The maximum absolute atomic E-state index is 12.9. The topological polar surface area (TPSA) is 83.8 Å². The van der Waals surface area contributed by atoms with E-state index in [1.54, 1.807) is 0 Å².